The smallest absolute Gasteiger partial charge is 0.121 e. The number of para-hydroxylation sites is 1. The van der Waals surface area contributed by atoms with Crippen molar-refractivity contribution in [2.24, 2.45) is 0 Å². The van der Waals surface area contributed by atoms with E-state index in [0.717, 1.165) is 23.2 Å². The summed E-state index contributed by atoms with van der Waals surface area (Å²) in [7, 11) is 1.71. The number of nitrogens with one attached hydrogen (secondary N) is 1. The van der Waals surface area contributed by atoms with Crippen LogP contribution < -0.4 is 5.32 Å². The Balaban J connectivity index is 2.17. The minimum Gasteiger partial charge on any atom is -0.508 e. The summed E-state index contributed by atoms with van der Waals surface area (Å²) in [4.78, 5) is 0. The van der Waals surface area contributed by atoms with Gasteiger partial charge in [-0.1, -0.05) is 30.3 Å². The molecule has 3 heteroatoms. The van der Waals surface area contributed by atoms with Gasteiger partial charge in [0.05, 0.1) is 12.6 Å². The van der Waals surface area contributed by atoms with Crippen LogP contribution in [-0.4, -0.2) is 18.8 Å². The predicted molar refractivity (Wildman–Crippen MR) is 86.9 cm³/mol. The molecule has 3 nitrogen and oxygen atoms in total. The van der Waals surface area contributed by atoms with Crippen LogP contribution in [0.1, 0.15) is 29.7 Å². The van der Waals surface area contributed by atoms with E-state index in [1.807, 2.05) is 31.2 Å². The van der Waals surface area contributed by atoms with Crippen LogP contribution in [0.4, 0.5) is 5.69 Å². The van der Waals surface area contributed by atoms with E-state index < -0.39 is 0 Å². The second-order valence-electron chi connectivity index (χ2n) is 5.33. The van der Waals surface area contributed by atoms with Gasteiger partial charge in [-0.15, -0.1) is 0 Å². The van der Waals surface area contributed by atoms with Crippen LogP contribution in [-0.2, 0) is 11.2 Å². The van der Waals surface area contributed by atoms with Gasteiger partial charge < -0.3 is 15.2 Å². The van der Waals surface area contributed by atoms with Gasteiger partial charge >= 0.3 is 0 Å². The fourth-order valence-electron chi connectivity index (χ4n) is 2.42. The number of rotatable bonds is 6. The maximum Gasteiger partial charge on any atom is 0.121 e. The maximum atomic E-state index is 10.1. The lowest BCUT2D eigenvalue weighted by Crippen LogP contribution is -2.09. The molecule has 1 unspecified atom stereocenters. The van der Waals surface area contributed by atoms with E-state index in [1.165, 1.54) is 5.56 Å². The minimum atomic E-state index is 0.0364. The van der Waals surface area contributed by atoms with Crippen LogP contribution in [0, 0.1) is 6.92 Å². The highest BCUT2D eigenvalue weighted by Gasteiger charge is 2.12. The van der Waals surface area contributed by atoms with E-state index >= 15 is 0 Å². The Labute approximate surface area is 126 Å². The number of phenolic OH excluding ortho intramolecular Hbond substituents is 1. The molecule has 2 aromatic rings. The Morgan fingerprint density at radius 2 is 1.95 bits per heavy atom. The number of methoxy groups -OCH3 is 1. The van der Waals surface area contributed by atoms with Crippen molar-refractivity contribution < 1.29 is 9.84 Å². The fraction of sp³-hybridized carbons (Fsp3) is 0.333. The lowest BCUT2D eigenvalue weighted by atomic mass is 10.0. The van der Waals surface area contributed by atoms with Gasteiger partial charge in [-0.2, -0.15) is 0 Å². The zero-order valence-electron chi connectivity index (χ0n) is 12.9. The molecule has 2 rings (SSSR count). The molecule has 0 saturated carbocycles. The Kier molecular flexibility index (Phi) is 5.23. The molecule has 0 amide bonds. The highest BCUT2D eigenvalue weighted by Crippen LogP contribution is 2.29. The number of hydrogen-bond acceptors (Lipinski definition) is 3. The van der Waals surface area contributed by atoms with Crippen molar-refractivity contribution in [1.29, 1.82) is 0 Å². The minimum absolute atomic E-state index is 0.0364. The number of aromatic hydroxyl groups is 1. The van der Waals surface area contributed by atoms with E-state index in [1.54, 1.807) is 13.2 Å². The van der Waals surface area contributed by atoms with Crippen LogP contribution in [0.2, 0.25) is 0 Å². The highest BCUT2D eigenvalue weighted by molar-refractivity contribution is 5.53. The van der Waals surface area contributed by atoms with Crippen molar-refractivity contribution in [2.45, 2.75) is 26.3 Å². The van der Waals surface area contributed by atoms with Gasteiger partial charge in [-0.05, 0) is 43.5 Å². The first kappa shape index (κ1) is 15.4. The van der Waals surface area contributed by atoms with E-state index in [9.17, 15) is 5.11 Å². The van der Waals surface area contributed by atoms with E-state index in [4.69, 9.17) is 4.74 Å². The Morgan fingerprint density at radius 3 is 2.67 bits per heavy atom. The maximum absolute atomic E-state index is 10.1. The van der Waals surface area contributed by atoms with Crippen molar-refractivity contribution in [2.75, 3.05) is 19.0 Å². The normalized spacial score (nSPS) is 12.1. The molecule has 0 spiro atoms. The first-order valence-corrected chi connectivity index (χ1v) is 7.24. The molecule has 0 bridgehead atoms. The van der Waals surface area contributed by atoms with Crippen LogP contribution in [0.25, 0.3) is 0 Å². The predicted octanol–water partition coefficient (Wildman–Crippen LogP) is 4.06. The van der Waals surface area contributed by atoms with Crippen LogP contribution in [0.5, 0.6) is 5.75 Å². The Bertz CT molecular complexity index is 596. The fourth-order valence-corrected chi connectivity index (χ4v) is 2.42. The van der Waals surface area contributed by atoms with Gasteiger partial charge in [0.1, 0.15) is 5.75 Å². The highest BCUT2D eigenvalue weighted by atomic mass is 16.5. The molecule has 2 N–H and O–H groups in total. The molecule has 0 radical (unpaired) electrons. The summed E-state index contributed by atoms with van der Waals surface area (Å²) in [5.74, 6) is 0.337. The molecule has 0 aliphatic carbocycles. The first-order chi connectivity index (χ1) is 10.1. The summed E-state index contributed by atoms with van der Waals surface area (Å²) in [5, 5.41) is 13.6. The molecule has 0 heterocycles. The number of aryl methyl sites for hydroxylation is 1. The quantitative estimate of drug-likeness (QED) is 0.841. The lowest BCUT2D eigenvalue weighted by molar-refractivity contribution is 0.202. The topological polar surface area (TPSA) is 41.5 Å². The number of benzene rings is 2. The molecule has 0 aliphatic rings. The van der Waals surface area contributed by atoms with E-state index in [0.29, 0.717) is 12.4 Å². The zero-order chi connectivity index (χ0) is 15.2. The molecular formula is C18H23NO2. The van der Waals surface area contributed by atoms with Crippen molar-refractivity contribution in [3.05, 3.63) is 59.2 Å². The summed E-state index contributed by atoms with van der Waals surface area (Å²) in [6.07, 6.45) is 0.867. The second kappa shape index (κ2) is 7.14. The van der Waals surface area contributed by atoms with Crippen LogP contribution in [0.3, 0.4) is 0 Å². The van der Waals surface area contributed by atoms with E-state index in [-0.39, 0.29) is 6.04 Å². The first-order valence-electron chi connectivity index (χ1n) is 7.24. The number of phenols is 1. The van der Waals surface area contributed by atoms with Crippen molar-refractivity contribution in [3.63, 3.8) is 0 Å². The monoisotopic (exact) mass is 285 g/mol. The van der Waals surface area contributed by atoms with Crippen LogP contribution >= 0.6 is 0 Å². The van der Waals surface area contributed by atoms with Crippen molar-refractivity contribution >= 4 is 5.69 Å². The summed E-state index contributed by atoms with van der Waals surface area (Å²) < 4.78 is 5.15. The van der Waals surface area contributed by atoms with Gasteiger partial charge in [0.2, 0.25) is 0 Å². The summed E-state index contributed by atoms with van der Waals surface area (Å²) in [6, 6.07) is 14.0. The molecule has 0 aliphatic heterocycles. The second-order valence-corrected chi connectivity index (χ2v) is 5.33. The van der Waals surface area contributed by atoms with Gasteiger partial charge in [-0.3, -0.25) is 0 Å². The molecule has 2 aromatic carbocycles. The Morgan fingerprint density at radius 1 is 1.19 bits per heavy atom. The van der Waals surface area contributed by atoms with E-state index in [2.05, 4.69) is 24.4 Å². The number of hydrogen-bond donors (Lipinski definition) is 2. The molecule has 112 valence electrons. The third-order valence-corrected chi connectivity index (χ3v) is 3.62. The van der Waals surface area contributed by atoms with Gasteiger partial charge in [-0.25, -0.2) is 0 Å². The zero-order valence-corrected chi connectivity index (χ0v) is 12.9. The summed E-state index contributed by atoms with van der Waals surface area (Å²) in [5.41, 5.74) is 4.27. The third-order valence-electron chi connectivity index (χ3n) is 3.62. The van der Waals surface area contributed by atoms with Gasteiger partial charge in [0, 0.05) is 18.4 Å². The molecule has 0 aromatic heterocycles. The Hall–Kier alpha value is -2.00. The third kappa shape index (κ3) is 3.99. The lowest BCUT2D eigenvalue weighted by Gasteiger charge is -2.19. The molecule has 21 heavy (non-hydrogen) atoms. The number of anilines is 1. The largest absolute Gasteiger partial charge is 0.508 e. The average Bonchev–Trinajstić information content (AvgIpc) is 2.46. The van der Waals surface area contributed by atoms with Gasteiger partial charge in [0.15, 0.2) is 0 Å². The van der Waals surface area contributed by atoms with Crippen LogP contribution in [0.15, 0.2) is 42.5 Å². The SMILES string of the molecule is COCCc1ccccc1NC(C)c1ccc(C)cc1O. The standard InChI is InChI=1S/C18H23NO2/c1-13-8-9-16(18(20)12-13)14(2)19-17-7-5-4-6-15(17)10-11-21-3/h4-9,12,14,19-20H,10-11H2,1-3H3. The molecule has 0 fully saturated rings. The average molecular weight is 285 g/mol. The molecular weight excluding hydrogens is 262 g/mol. The molecule has 1 atom stereocenters. The van der Waals surface area contributed by atoms with Crippen molar-refractivity contribution in [1.82, 2.24) is 0 Å². The number of ether oxygens (including phenoxy) is 1. The summed E-state index contributed by atoms with van der Waals surface area (Å²) in [6.45, 7) is 4.72. The van der Waals surface area contributed by atoms with Gasteiger partial charge in [0.25, 0.3) is 0 Å². The molecule has 0 saturated heterocycles. The summed E-state index contributed by atoms with van der Waals surface area (Å²) >= 11 is 0. The van der Waals surface area contributed by atoms with Crippen molar-refractivity contribution in [3.8, 4) is 5.75 Å².